The number of rotatable bonds is 0. The van der Waals surface area contributed by atoms with E-state index in [0.29, 0.717) is 0 Å². The van der Waals surface area contributed by atoms with Crippen LogP contribution in [0.1, 0.15) is 11.1 Å². The molecular weight excluding hydrogens is 196 g/mol. The fourth-order valence-electron chi connectivity index (χ4n) is 2.00. The van der Waals surface area contributed by atoms with E-state index in [-0.39, 0.29) is 0 Å². The second-order valence-corrected chi connectivity index (χ2v) is 4.11. The van der Waals surface area contributed by atoms with Gasteiger partial charge in [-0.25, -0.2) is 0 Å². The highest BCUT2D eigenvalue weighted by atomic mass is 14.9. The second kappa shape index (κ2) is 3.89. The lowest BCUT2D eigenvalue weighted by Crippen LogP contribution is -2.05. The molecule has 2 nitrogen and oxygen atoms in total. The maximum Gasteiger partial charge on any atom is 0.0400 e. The van der Waals surface area contributed by atoms with Gasteiger partial charge in [0.2, 0.25) is 0 Å². The molecule has 1 heterocycles. The Morgan fingerprint density at radius 1 is 0.688 bits per heavy atom. The van der Waals surface area contributed by atoms with Crippen LogP contribution >= 0.6 is 0 Å². The summed E-state index contributed by atoms with van der Waals surface area (Å²) in [5.74, 6) is 0. The van der Waals surface area contributed by atoms with Crippen LogP contribution in [0, 0.1) is 0 Å². The average molecular weight is 210 g/mol. The number of fused-ring (bicyclic) bond motifs is 4. The largest absolute Gasteiger partial charge is 0.381 e. The van der Waals surface area contributed by atoms with Gasteiger partial charge >= 0.3 is 0 Å². The van der Waals surface area contributed by atoms with Crippen molar-refractivity contribution in [2.24, 2.45) is 0 Å². The van der Waals surface area contributed by atoms with Crippen molar-refractivity contribution in [3.05, 3.63) is 59.7 Å². The summed E-state index contributed by atoms with van der Waals surface area (Å²) < 4.78 is 0. The third-order valence-corrected chi connectivity index (χ3v) is 2.85. The van der Waals surface area contributed by atoms with Gasteiger partial charge in [-0.05, 0) is 29.3 Å². The first-order chi connectivity index (χ1) is 7.90. The lowest BCUT2D eigenvalue weighted by molar-refractivity contribution is 1.09. The Labute approximate surface area is 95.3 Å². The smallest absolute Gasteiger partial charge is 0.0400 e. The van der Waals surface area contributed by atoms with Crippen molar-refractivity contribution in [2.45, 2.75) is 13.1 Å². The molecule has 0 saturated heterocycles. The van der Waals surface area contributed by atoms with Crippen molar-refractivity contribution in [3.63, 3.8) is 0 Å². The summed E-state index contributed by atoms with van der Waals surface area (Å²) in [7, 11) is 0. The van der Waals surface area contributed by atoms with Gasteiger partial charge in [0.25, 0.3) is 0 Å². The predicted octanol–water partition coefficient (Wildman–Crippen LogP) is 3.22. The van der Waals surface area contributed by atoms with Crippen LogP contribution in [-0.4, -0.2) is 0 Å². The Morgan fingerprint density at radius 3 is 1.88 bits per heavy atom. The molecule has 1 aliphatic heterocycles. The van der Waals surface area contributed by atoms with E-state index in [0.717, 1.165) is 24.5 Å². The lowest BCUT2D eigenvalue weighted by Gasteiger charge is -2.14. The first-order valence-corrected chi connectivity index (χ1v) is 5.56. The van der Waals surface area contributed by atoms with Crippen molar-refractivity contribution in [2.75, 3.05) is 10.6 Å². The monoisotopic (exact) mass is 210 g/mol. The molecule has 0 aromatic heterocycles. The van der Waals surface area contributed by atoms with Gasteiger partial charge in [-0.3, -0.25) is 0 Å². The predicted molar refractivity (Wildman–Crippen MR) is 67.5 cm³/mol. The molecular formula is C14H14N2. The SMILES string of the molecule is c1cc2cc(c1)CNc1cccc(c1)NC2. The molecule has 0 fully saturated rings. The van der Waals surface area contributed by atoms with E-state index in [1.165, 1.54) is 11.1 Å². The standard InChI is InChI=1S/C14H14N2/c1-3-11-7-12(4-1)10-16-14-6-2-5-13(8-14)15-9-11/h1-8,15-16H,9-10H2. The molecule has 16 heavy (non-hydrogen) atoms. The zero-order chi connectivity index (χ0) is 10.8. The molecule has 0 aliphatic carbocycles. The van der Waals surface area contributed by atoms with Gasteiger partial charge in [0.15, 0.2) is 0 Å². The fraction of sp³-hybridized carbons (Fsp3) is 0.143. The van der Waals surface area contributed by atoms with E-state index in [9.17, 15) is 0 Å². The molecule has 0 atom stereocenters. The van der Waals surface area contributed by atoms with Gasteiger partial charge in [-0.1, -0.05) is 30.3 Å². The van der Waals surface area contributed by atoms with Crippen molar-refractivity contribution in [3.8, 4) is 0 Å². The molecule has 3 rings (SSSR count). The molecule has 4 bridgehead atoms. The van der Waals surface area contributed by atoms with Gasteiger partial charge in [0.05, 0.1) is 0 Å². The Bertz CT molecular complexity index is 420. The molecule has 2 aromatic rings. The Balaban J connectivity index is 1.98. The maximum absolute atomic E-state index is 3.42. The molecule has 80 valence electrons. The van der Waals surface area contributed by atoms with Gasteiger partial charge in [-0.15, -0.1) is 0 Å². The van der Waals surface area contributed by atoms with Gasteiger partial charge in [0, 0.05) is 24.5 Å². The van der Waals surface area contributed by atoms with Crippen LogP contribution in [0.25, 0.3) is 0 Å². The summed E-state index contributed by atoms with van der Waals surface area (Å²) >= 11 is 0. The van der Waals surface area contributed by atoms with Crippen molar-refractivity contribution in [1.82, 2.24) is 0 Å². The minimum Gasteiger partial charge on any atom is -0.381 e. The number of anilines is 2. The zero-order valence-corrected chi connectivity index (χ0v) is 9.03. The minimum atomic E-state index is 0.886. The number of nitrogens with one attached hydrogen (secondary N) is 2. The van der Waals surface area contributed by atoms with Crippen LogP contribution in [0.5, 0.6) is 0 Å². The van der Waals surface area contributed by atoms with Crippen molar-refractivity contribution < 1.29 is 0 Å². The maximum atomic E-state index is 3.42. The average Bonchev–Trinajstić information content (AvgIpc) is 2.34. The highest BCUT2D eigenvalue weighted by Gasteiger charge is 2.01. The zero-order valence-electron chi connectivity index (χ0n) is 9.03. The summed E-state index contributed by atoms with van der Waals surface area (Å²) in [4.78, 5) is 0. The van der Waals surface area contributed by atoms with E-state index in [2.05, 4.69) is 59.2 Å². The van der Waals surface area contributed by atoms with E-state index in [1.54, 1.807) is 0 Å². The summed E-state index contributed by atoms with van der Waals surface area (Å²) in [6.07, 6.45) is 0. The first kappa shape index (κ1) is 9.28. The third-order valence-electron chi connectivity index (χ3n) is 2.85. The van der Waals surface area contributed by atoms with Crippen LogP contribution in [-0.2, 0) is 13.1 Å². The van der Waals surface area contributed by atoms with Crippen LogP contribution in [0.2, 0.25) is 0 Å². The van der Waals surface area contributed by atoms with Gasteiger partial charge < -0.3 is 10.6 Å². The molecule has 0 amide bonds. The molecule has 2 aromatic carbocycles. The first-order valence-electron chi connectivity index (χ1n) is 5.56. The second-order valence-electron chi connectivity index (χ2n) is 4.11. The number of hydrogen-bond acceptors (Lipinski definition) is 2. The van der Waals surface area contributed by atoms with Crippen LogP contribution in [0.4, 0.5) is 11.4 Å². The van der Waals surface area contributed by atoms with E-state index in [1.807, 2.05) is 0 Å². The van der Waals surface area contributed by atoms with Crippen LogP contribution in [0.15, 0.2) is 48.5 Å². The Kier molecular flexibility index (Phi) is 2.26. The molecule has 0 spiro atoms. The summed E-state index contributed by atoms with van der Waals surface area (Å²) in [6.45, 7) is 1.77. The number of benzene rings is 2. The summed E-state index contributed by atoms with van der Waals surface area (Å²) in [5, 5.41) is 6.85. The Morgan fingerprint density at radius 2 is 1.25 bits per heavy atom. The highest BCUT2D eigenvalue weighted by molar-refractivity contribution is 5.57. The fourth-order valence-corrected chi connectivity index (χ4v) is 2.00. The topological polar surface area (TPSA) is 24.1 Å². The highest BCUT2D eigenvalue weighted by Crippen LogP contribution is 2.19. The quantitative estimate of drug-likeness (QED) is 0.697. The van der Waals surface area contributed by atoms with Crippen LogP contribution < -0.4 is 10.6 Å². The molecule has 2 heteroatoms. The summed E-state index contributed by atoms with van der Waals surface area (Å²) in [5.41, 5.74) is 4.98. The lowest BCUT2D eigenvalue weighted by atomic mass is 10.1. The van der Waals surface area contributed by atoms with E-state index >= 15 is 0 Å². The minimum absolute atomic E-state index is 0.886. The van der Waals surface area contributed by atoms with Gasteiger partial charge in [0.1, 0.15) is 0 Å². The molecule has 2 N–H and O–H groups in total. The van der Waals surface area contributed by atoms with Crippen molar-refractivity contribution >= 4 is 11.4 Å². The van der Waals surface area contributed by atoms with Crippen molar-refractivity contribution in [1.29, 1.82) is 0 Å². The molecule has 0 radical (unpaired) electrons. The third kappa shape index (κ3) is 1.87. The van der Waals surface area contributed by atoms with Gasteiger partial charge in [-0.2, -0.15) is 0 Å². The molecule has 1 aliphatic rings. The van der Waals surface area contributed by atoms with Crippen LogP contribution in [0.3, 0.4) is 0 Å². The van der Waals surface area contributed by atoms with E-state index in [4.69, 9.17) is 0 Å². The Hall–Kier alpha value is -1.96. The normalized spacial score (nSPS) is 13.5. The summed E-state index contributed by atoms with van der Waals surface area (Å²) in [6, 6.07) is 17.1. The number of hydrogen-bond donors (Lipinski definition) is 2. The molecule has 0 saturated carbocycles. The van der Waals surface area contributed by atoms with E-state index < -0.39 is 0 Å². The molecule has 0 unspecified atom stereocenters.